The van der Waals surface area contributed by atoms with E-state index in [-0.39, 0.29) is 35.7 Å². The minimum Gasteiger partial charge on any atom is -0.492 e. The lowest BCUT2D eigenvalue weighted by molar-refractivity contribution is -0.139. The van der Waals surface area contributed by atoms with Gasteiger partial charge in [0.25, 0.3) is 10.0 Å². The Kier molecular flexibility index (Phi) is 12.0. The van der Waals surface area contributed by atoms with Crippen LogP contribution in [-0.2, 0) is 26.2 Å². The van der Waals surface area contributed by atoms with Crippen LogP contribution in [0.1, 0.15) is 33.3 Å². The van der Waals surface area contributed by atoms with Gasteiger partial charge in [-0.05, 0) is 88.0 Å². The lowest BCUT2D eigenvalue weighted by Gasteiger charge is -2.32. The number of rotatable bonds is 13. The largest absolute Gasteiger partial charge is 0.492 e. The third-order valence-electron chi connectivity index (χ3n) is 6.30. The predicted octanol–water partition coefficient (Wildman–Crippen LogP) is 6.25. The molecule has 3 rings (SSSR count). The Morgan fingerprint density at radius 1 is 0.976 bits per heavy atom. The topological polar surface area (TPSA) is 96.0 Å². The highest BCUT2D eigenvalue weighted by atomic mass is 35.5. The summed E-state index contributed by atoms with van der Waals surface area (Å²) in [6.45, 7) is 6.71. The highest BCUT2D eigenvalue weighted by Gasteiger charge is 2.34. The molecule has 0 bridgehead atoms. The van der Waals surface area contributed by atoms with Crippen LogP contribution in [-0.4, -0.2) is 56.6 Å². The molecule has 0 fully saturated rings. The normalized spacial score (nSPS) is 12.1. The van der Waals surface area contributed by atoms with Crippen LogP contribution < -0.4 is 14.4 Å². The maximum absolute atomic E-state index is 14.1. The molecule has 0 saturated carbocycles. The zero-order chi connectivity index (χ0) is 31.0. The molecule has 0 aliphatic carbocycles. The van der Waals surface area contributed by atoms with Gasteiger partial charge < -0.3 is 15.0 Å². The van der Waals surface area contributed by atoms with Gasteiger partial charge in [0.1, 0.15) is 18.3 Å². The molecular formula is C30H35Cl2N3O5S2. The Balaban J connectivity index is 2.10. The number of hydrogen-bond acceptors (Lipinski definition) is 6. The predicted molar refractivity (Wildman–Crippen MR) is 170 cm³/mol. The van der Waals surface area contributed by atoms with Crippen molar-refractivity contribution in [3.8, 4) is 5.75 Å². The molecular weight excluding hydrogens is 617 g/mol. The number of hydrogen-bond donors (Lipinski definition) is 1. The number of benzene rings is 3. The average Bonchev–Trinajstić information content (AvgIpc) is 2.96. The van der Waals surface area contributed by atoms with Crippen molar-refractivity contribution >= 4 is 62.5 Å². The molecule has 0 aliphatic heterocycles. The van der Waals surface area contributed by atoms with Crippen LogP contribution in [0.4, 0.5) is 5.69 Å². The zero-order valence-corrected chi connectivity index (χ0v) is 27.3. The van der Waals surface area contributed by atoms with Crippen molar-refractivity contribution < 1.29 is 22.7 Å². The second-order valence-corrected chi connectivity index (χ2v) is 13.3. The third-order valence-corrected chi connectivity index (χ3v) is 9.55. The summed E-state index contributed by atoms with van der Waals surface area (Å²) in [5, 5.41) is 3.47. The lowest BCUT2D eigenvalue weighted by Crippen LogP contribution is -2.52. The summed E-state index contributed by atoms with van der Waals surface area (Å²) >= 11 is 13.8. The van der Waals surface area contributed by atoms with Gasteiger partial charge in [0, 0.05) is 17.5 Å². The van der Waals surface area contributed by atoms with Gasteiger partial charge in [-0.15, -0.1) is 11.8 Å². The first-order valence-corrected chi connectivity index (χ1v) is 16.7. The van der Waals surface area contributed by atoms with E-state index in [4.69, 9.17) is 27.9 Å². The Hall–Kier alpha value is -2.92. The SMILES string of the molecule is CCOc1ccccc1N(CC(=O)N(Cc1ccc(Cl)c(Cl)c1)[C@@H](C)C(=O)NC(C)C)S(=O)(=O)c1ccc(SC)cc1. The molecule has 42 heavy (non-hydrogen) atoms. The van der Waals surface area contributed by atoms with Gasteiger partial charge in [-0.1, -0.05) is 41.4 Å². The number of amides is 2. The zero-order valence-electron chi connectivity index (χ0n) is 24.1. The van der Waals surface area contributed by atoms with Crippen molar-refractivity contribution in [2.45, 2.75) is 56.1 Å². The number of anilines is 1. The molecule has 0 aromatic heterocycles. The molecule has 0 radical (unpaired) electrons. The fourth-order valence-corrected chi connectivity index (χ4v) is 6.31. The van der Waals surface area contributed by atoms with Gasteiger partial charge in [0.15, 0.2) is 0 Å². The fourth-order valence-electron chi connectivity index (χ4n) is 4.15. The lowest BCUT2D eigenvalue weighted by atomic mass is 10.1. The molecule has 0 unspecified atom stereocenters. The second-order valence-electron chi connectivity index (χ2n) is 9.70. The summed E-state index contributed by atoms with van der Waals surface area (Å²) in [6, 6.07) is 16.9. The van der Waals surface area contributed by atoms with Gasteiger partial charge >= 0.3 is 0 Å². The van der Waals surface area contributed by atoms with Gasteiger partial charge in [0.2, 0.25) is 11.8 Å². The molecule has 8 nitrogen and oxygen atoms in total. The molecule has 12 heteroatoms. The Labute approximate surface area is 262 Å². The summed E-state index contributed by atoms with van der Waals surface area (Å²) in [5.74, 6) is -0.669. The number of thioether (sulfide) groups is 1. The Morgan fingerprint density at radius 3 is 2.24 bits per heavy atom. The van der Waals surface area contributed by atoms with E-state index < -0.39 is 28.5 Å². The van der Waals surface area contributed by atoms with Crippen molar-refractivity contribution in [2.24, 2.45) is 0 Å². The van der Waals surface area contributed by atoms with Crippen molar-refractivity contribution in [2.75, 3.05) is 23.7 Å². The quantitative estimate of drug-likeness (QED) is 0.220. The Bertz CT molecular complexity index is 1500. The van der Waals surface area contributed by atoms with Gasteiger partial charge in [0.05, 0.1) is 27.2 Å². The highest BCUT2D eigenvalue weighted by Crippen LogP contribution is 2.33. The van der Waals surface area contributed by atoms with Crippen molar-refractivity contribution in [3.05, 3.63) is 82.3 Å². The number of ether oxygens (including phenoxy) is 1. The number of carbonyl (C=O) groups is 2. The van der Waals surface area contributed by atoms with Crippen LogP contribution in [0.15, 0.2) is 76.5 Å². The van der Waals surface area contributed by atoms with Gasteiger partial charge in [-0.2, -0.15) is 0 Å². The van der Waals surface area contributed by atoms with Crippen molar-refractivity contribution in [1.29, 1.82) is 0 Å². The third kappa shape index (κ3) is 8.34. The second kappa shape index (κ2) is 15.0. The summed E-state index contributed by atoms with van der Waals surface area (Å²) in [5.41, 5.74) is 0.828. The van der Waals surface area contributed by atoms with E-state index in [1.807, 2.05) is 20.1 Å². The van der Waals surface area contributed by atoms with E-state index in [2.05, 4.69) is 5.32 Å². The minimum atomic E-state index is -4.24. The molecule has 0 saturated heterocycles. The van der Waals surface area contributed by atoms with Crippen LogP contribution in [0.25, 0.3) is 0 Å². The van der Waals surface area contributed by atoms with E-state index in [1.165, 1.54) is 28.8 Å². The molecule has 0 heterocycles. The number of para-hydroxylation sites is 2. The molecule has 1 N–H and O–H groups in total. The first kappa shape index (κ1) is 33.6. The van der Waals surface area contributed by atoms with Crippen LogP contribution in [0.5, 0.6) is 5.75 Å². The van der Waals surface area contributed by atoms with Crippen LogP contribution in [0, 0.1) is 0 Å². The minimum absolute atomic E-state index is 0.00812. The molecule has 1 atom stereocenters. The van der Waals surface area contributed by atoms with Crippen molar-refractivity contribution in [1.82, 2.24) is 10.2 Å². The van der Waals surface area contributed by atoms with Crippen LogP contribution >= 0.6 is 35.0 Å². The monoisotopic (exact) mass is 651 g/mol. The maximum Gasteiger partial charge on any atom is 0.264 e. The van der Waals surface area contributed by atoms with Crippen LogP contribution in [0.3, 0.4) is 0 Å². The number of nitrogens with one attached hydrogen (secondary N) is 1. The summed E-state index contributed by atoms with van der Waals surface area (Å²) in [6.07, 6.45) is 1.89. The van der Waals surface area contributed by atoms with E-state index in [0.717, 1.165) is 9.20 Å². The van der Waals surface area contributed by atoms with E-state index >= 15 is 0 Å². The van der Waals surface area contributed by atoms with E-state index in [0.29, 0.717) is 21.4 Å². The smallest absolute Gasteiger partial charge is 0.264 e. The fraction of sp³-hybridized carbons (Fsp3) is 0.333. The maximum atomic E-state index is 14.1. The summed E-state index contributed by atoms with van der Waals surface area (Å²) in [7, 11) is -4.24. The first-order chi connectivity index (χ1) is 19.9. The van der Waals surface area contributed by atoms with Crippen molar-refractivity contribution in [3.63, 3.8) is 0 Å². The van der Waals surface area contributed by atoms with Gasteiger partial charge in [-0.3, -0.25) is 13.9 Å². The molecule has 226 valence electrons. The van der Waals surface area contributed by atoms with E-state index in [1.54, 1.807) is 68.4 Å². The number of sulfonamides is 1. The summed E-state index contributed by atoms with van der Waals surface area (Å²) < 4.78 is 35.0. The molecule has 3 aromatic carbocycles. The highest BCUT2D eigenvalue weighted by molar-refractivity contribution is 7.98. The van der Waals surface area contributed by atoms with E-state index in [9.17, 15) is 18.0 Å². The molecule has 0 spiro atoms. The molecule has 0 aliphatic rings. The Morgan fingerprint density at radius 2 is 1.64 bits per heavy atom. The number of halogens is 2. The molecule has 3 aromatic rings. The first-order valence-electron chi connectivity index (χ1n) is 13.3. The standard InChI is InChI=1S/C30H35Cl2N3O5S2/c1-6-40-28-10-8-7-9-27(28)35(42(38,39)24-14-12-23(41-5)13-15-24)19-29(36)34(21(4)30(37)33-20(2)3)18-22-11-16-25(31)26(32)17-22/h7-17,20-21H,6,18-19H2,1-5H3,(H,33,37)/t21-/m0/s1. The summed E-state index contributed by atoms with van der Waals surface area (Å²) in [4.78, 5) is 29.4. The van der Waals surface area contributed by atoms with Crippen LogP contribution in [0.2, 0.25) is 10.0 Å². The van der Waals surface area contributed by atoms with Gasteiger partial charge in [-0.25, -0.2) is 8.42 Å². The number of nitrogens with zero attached hydrogens (tertiary/aromatic N) is 2. The average molecular weight is 653 g/mol. The molecule has 2 amide bonds. The number of carbonyl (C=O) groups excluding carboxylic acids is 2.